The van der Waals surface area contributed by atoms with Crippen LogP contribution in [0.5, 0.6) is 5.75 Å². The van der Waals surface area contributed by atoms with Gasteiger partial charge in [-0.15, -0.1) is 11.3 Å². The normalized spacial score (nSPS) is 12.5. The zero-order valence-electron chi connectivity index (χ0n) is 13.3. The third-order valence-corrected chi connectivity index (χ3v) is 5.33. The van der Waals surface area contributed by atoms with Gasteiger partial charge in [0.2, 0.25) is 0 Å². The molecule has 0 spiro atoms. The van der Waals surface area contributed by atoms with Gasteiger partial charge in [-0.1, -0.05) is 29.4 Å². The lowest BCUT2D eigenvalue weighted by Gasteiger charge is -2.12. The van der Waals surface area contributed by atoms with Crippen LogP contribution in [0.15, 0.2) is 57.8 Å². The highest BCUT2D eigenvalue weighted by molar-refractivity contribution is 7.17. The minimum absolute atomic E-state index is 0.129. The lowest BCUT2D eigenvalue weighted by molar-refractivity contribution is 0.478. The Morgan fingerprint density at radius 3 is 2.60 bits per heavy atom. The molecule has 0 amide bonds. The number of aromatic nitrogens is 1. The summed E-state index contributed by atoms with van der Waals surface area (Å²) < 4.78 is 0.634. The molecule has 0 fully saturated rings. The van der Waals surface area contributed by atoms with Crippen LogP contribution in [-0.2, 0) is 0 Å². The molecule has 5 nitrogen and oxygen atoms in total. The van der Waals surface area contributed by atoms with Gasteiger partial charge in [0.25, 0.3) is 5.56 Å². The van der Waals surface area contributed by atoms with Gasteiger partial charge in [0.1, 0.15) is 16.5 Å². The first-order valence-electron chi connectivity index (χ1n) is 7.78. The molecule has 2 N–H and O–H groups in total. The van der Waals surface area contributed by atoms with Crippen molar-refractivity contribution < 1.29 is 5.11 Å². The lowest BCUT2D eigenvalue weighted by Crippen LogP contribution is -2.04. The van der Waals surface area contributed by atoms with Crippen molar-refractivity contribution in [1.82, 2.24) is 4.98 Å². The molecular weight excluding hydrogens is 336 g/mol. The van der Waals surface area contributed by atoms with E-state index in [9.17, 15) is 14.8 Å². The topological polar surface area (TPSA) is 82.5 Å². The van der Waals surface area contributed by atoms with Gasteiger partial charge in [0.05, 0.1) is 0 Å². The molecule has 4 aromatic rings. The number of hydrogen-bond donors (Lipinski definition) is 2. The number of phenolic OH excluding ortho intramolecular Hbond substituents is 1. The van der Waals surface area contributed by atoms with E-state index in [4.69, 9.17) is 0 Å². The van der Waals surface area contributed by atoms with E-state index in [1.165, 1.54) is 11.3 Å². The third-order valence-electron chi connectivity index (χ3n) is 4.41. The first-order valence-corrected chi connectivity index (χ1v) is 8.66. The van der Waals surface area contributed by atoms with Crippen molar-refractivity contribution in [1.29, 1.82) is 0 Å². The summed E-state index contributed by atoms with van der Waals surface area (Å²) in [6.07, 6.45) is 0. The van der Waals surface area contributed by atoms with E-state index in [1.807, 2.05) is 35.7 Å². The summed E-state index contributed by atoms with van der Waals surface area (Å²) in [6.45, 7) is 1.73. The molecule has 0 bridgehead atoms. The molecule has 0 aliphatic carbocycles. The quantitative estimate of drug-likeness (QED) is 0.513. The molecule has 4 rings (SSSR count). The number of hydrogen-bond acceptors (Lipinski definition) is 5. The van der Waals surface area contributed by atoms with Gasteiger partial charge in [-0.25, -0.2) is 0 Å². The number of nitrogens with zero attached hydrogens (tertiary/aromatic N) is 1. The van der Waals surface area contributed by atoms with Crippen molar-refractivity contribution in [3.8, 4) is 16.9 Å². The summed E-state index contributed by atoms with van der Waals surface area (Å²) in [6, 6.07) is 12.1. The number of benzene rings is 2. The van der Waals surface area contributed by atoms with Crippen molar-refractivity contribution >= 4 is 32.3 Å². The van der Waals surface area contributed by atoms with Crippen LogP contribution in [0, 0.1) is 4.91 Å². The summed E-state index contributed by atoms with van der Waals surface area (Å²) in [5.41, 5.74) is 2.83. The maximum Gasteiger partial charge on any atom is 0.266 e. The molecular formula is C19H14N2O3S. The van der Waals surface area contributed by atoms with Crippen molar-refractivity contribution in [2.75, 3.05) is 0 Å². The minimum Gasteiger partial charge on any atom is -0.507 e. The summed E-state index contributed by atoms with van der Waals surface area (Å²) >= 11 is 1.38. The van der Waals surface area contributed by atoms with E-state index in [-0.39, 0.29) is 11.3 Å². The Kier molecular flexibility index (Phi) is 3.62. The van der Waals surface area contributed by atoms with Crippen LogP contribution in [0.4, 0.5) is 0 Å². The Balaban J connectivity index is 2.04. The third kappa shape index (κ3) is 2.42. The standard InChI is InChI=1S/C19H14N2O3S/c1-10(21-24)11-2-4-12(5-3-11)16-15(22)7-6-14-17(16)13-8-9-25-18(13)19(23)20-14/h2-10,22H,1H3,(H,20,23). The number of thiophene rings is 1. The molecule has 2 aromatic heterocycles. The van der Waals surface area contributed by atoms with Gasteiger partial charge in [0, 0.05) is 21.9 Å². The number of phenols is 1. The fraction of sp³-hybridized carbons (Fsp3) is 0.105. The molecule has 0 aliphatic heterocycles. The smallest absolute Gasteiger partial charge is 0.266 e. The molecule has 25 heavy (non-hydrogen) atoms. The van der Waals surface area contributed by atoms with Crippen molar-refractivity contribution in [2.24, 2.45) is 5.18 Å². The number of H-pyrrole nitrogens is 1. The first-order chi connectivity index (χ1) is 12.1. The molecule has 0 aliphatic rings. The Bertz CT molecular complexity index is 1160. The van der Waals surface area contributed by atoms with Crippen LogP contribution in [0.3, 0.4) is 0 Å². The molecule has 6 heteroatoms. The Labute approximate surface area is 146 Å². The average Bonchev–Trinajstić information content (AvgIpc) is 3.12. The van der Waals surface area contributed by atoms with Gasteiger partial charge in [-0.2, -0.15) is 4.91 Å². The summed E-state index contributed by atoms with van der Waals surface area (Å²) in [4.78, 5) is 25.8. The SMILES string of the molecule is CC(N=O)c1ccc(-c2c(O)ccc3[nH]c(=O)c4sccc4c23)cc1. The molecule has 1 atom stereocenters. The second-order valence-corrected chi connectivity index (χ2v) is 6.82. The summed E-state index contributed by atoms with van der Waals surface area (Å²) in [5.74, 6) is 0.140. The van der Waals surface area contributed by atoms with Crippen molar-refractivity contribution in [2.45, 2.75) is 13.0 Å². The zero-order chi connectivity index (χ0) is 17.6. The van der Waals surface area contributed by atoms with E-state index >= 15 is 0 Å². The molecule has 1 unspecified atom stereocenters. The van der Waals surface area contributed by atoms with Gasteiger partial charge in [-0.3, -0.25) is 4.79 Å². The number of nitroso groups, excluding NO2 is 1. The zero-order valence-corrected chi connectivity index (χ0v) is 14.1. The van der Waals surface area contributed by atoms with E-state index < -0.39 is 6.04 Å². The highest BCUT2D eigenvalue weighted by Gasteiger charge is 2.15. The van der Waals surface area contributed by atoms with Crippen molar-refractivity contribution in [3.05, 3.63) is 68.7 Å². The molecule has 0 saturated carbocycles. The monoisotopic (exact) mass is 350 g/mol. The van der Waals surface area contributed by atoms with E-state index in [0.717, 1.165) is 21.9 Å². The predicted octanol–water partition coefficient (Wildman–Crippen LogP) is 4.94. The van der Waals surface area contributed by atoms with Crippen LogP contribution < -0.4 is 5.56 Å². The number of aromatic hydroxyl groups is 1. The van der Waals surface area contributed by atoms with E-state index in [1.54, 1.807) is 19.1 Å². The van der Waals surface area contributed by atoms with Crippen LogP contribution >= 0.6 is 11.3 Å². The maximum atomic E-state index is 12.2. The number of aromatic amines is 1. The second-order valence-electron chi connectivity index (χ2n) is 5.90. The summed E-state index contributed by atoms with van der Waals surface area (Å²) in [5, 5.41) is 17.0. The largest absolute Gasteiger partial charge is 0.507 e. The highest BCUT2D eigenvalue weighted by Crippen LogP contribution is 2.39. The summed E-state index contributed by atoms with van der Waals surface area (Å²) in [7, 11) is 0. The minimum atomic E-state index is -0.421. The van der Waals surface area contributed by atoms with E-state index in [2.05, 4.69) is 10.2 Å². The Hall–Kier alpha value is -2.99. The van der Waals surface area contributed by atoms with Gasteiger partial charge >= 0.3 is 0 Å². The van der Waals surface area contributed by atoms with Crippen LogP contribution in [-0.4, -0.2) is 10.1 Å². The molecule has 0 radical (unpaired) electrons. The fourth-order valence-corrected chi connectivity index (χ4v) is 3.91. The Morgan fingerprint density at radius 2 is 1.88 bits per heavy atom. The van der Waals surface area contributed by atoms with Gasteiger partial charge in [-0.05, 0) is 41.6 Å². The average molecular weight is 350 g/mol. The second kappa shape index (κ2) is 5.82. The van der Waals surface area contributed by atoms with Gasteiger partial charge in [0.15, 0.2) is 0 Å². The first kappa shape index (κ1) is 15.5. The van der Waals surface area contributed by atoms with E-state index in [0.29, 0.717) is 15.8 Å². The highest BCUT2D eigenvalue weighted by atomic mass is 32.1. The fourth-order valence-electron chi connectivity index (χ4n) is 3.12. The molecule has 2 heterocycles. The number of fused-ring (bicyclic) bond motifs is 3. The van der Waals surface area contributed by atoms with Crippen LogP contribution in [0.25, 0.3) is 32.1 Å². The van der Waals surface area contributed by atoms with Crippen molar-refractivity contribution in [3.63, 3.8) is 0 Å². The molecule has 124 valence electrons. The predicted molar refractivity (Wildman–Crippen MR) is 101 cm³/mol. The maximum absolute atomic E-state index is 12.2. The molecule has 0 saturated heterocycles. The molecule has 2 aromatic carbocycles. The number of rotatable bonds is 3. The number of nitrogens with one attached hydrogen (secondary N) is 1. The van der Waals surface area contributed by atoms with Crippen LogP contribution in [0.1, 0.15) is 18.5 Å². The Morgan fingerprint density at radius 1 is 1.12 bits per heavy atom. The number of pyridine rings is 1. The van der Waals surface area contributed by atoms with Gasteiger partial charge < -0.3 is 10.1 Å². The lowest BCUT2D eigenvalue weighted by atomic mass is 9.96. The van der Waals surface area contributed by atoms with Crippen LogP contribution in [0.2, 0.25) is 0 Å².